The van der Waals surface area contributed by atoms with E-state index in [1.54, 1.807) is 0 Å². The first-order valence-corrected chi connectivity index (χ1v) is 7.81. The summed E-state index contributed by atoms with van der Waals surface area (Å²) in [5, 5.41) is 0. The molecule has 7 nitrogen and oxygen atoms in total. The van der Waals surface area contributed by atoms with Gasteiger partial charge in [-0.1, -0.05) is 0 Å². The zero-order valence-electron chi connectivity index (χ0n) is 12.4. The second-order valence-corrected chi connectivity index (χ2v) is 6.95. The maximum atomic E-state index is 12.4. The molecule has 6 rings (SSSR count). The van der Waals surface area contributed by atoms with Crippen molar-refractivity contribution in [1.29, 1.82) is 0 Å². The van der Waals surface area contributed by atoms with Gasteiger partial charge in [0.1, 0.15) is 5.76 Å². The van der Waals surface area contributed by atoms with Crippen molar-refractivity contribution < 1.29 is 33.4 Å². The van der Waals surface area contributed by atoms with Crippen molar-refractivity contribution in [3.05, 3.63) is 11.3 Å². The van der Waals surface area contributed by atoms with Gasteiger partial charge < -0.3 is 14.2 Å². The van der Waals surface area contributed by atoms with Crippen LogP contribution in [0.15, 0.2) is 11.3 Å². The summed E-state index contributed by atoms with van der Waals surface area (Å²) < 4.78 is 15.4. The Hall–Kier alpha value is -2.18. The topological polar surface area (TPSA) is 96.0 Å². The van der Waals surface area contributed by atoms with Gasteiger partial charge in [-0.05, 0) is 24.8 Å². The van der Waals surface area contributed by atoms with Crippen LogP contribution in [0.3, 0.4) is 0 Å². The second kappa shape index (κ2) is 3.83. The first-order valence-electron chi connectivity index (χ1n) is 7.81. The highest BCUT2D eigenvalue weighted by molar-refractivity contribution is 6.04. The number of ether oxygens (including phenoxy) is 3. The fraction of sp³-hybridized carbons (Fsp3) is 0.625. The van der Waals surface area contributed by atoms with Gasteiger partial charge in [-0.25, -0.2) is 0 Å². The molecule has 0 aromatic heterocycles. The van der Waals surface area contributed by atoms with Gasteiger partial charge in [-0.2, -0.15) is 0 Å². The summed E-state index contributed by atoms with van der Waals surface area (Å²) >= 11 is 0. The summed E-state index contributed by atoms with van der Waals surface area (Å²) in [6, 6.07) is 0. The second-order valence-electron chi connectivity index (χ2n) is 6.95. The Kier molecular flexibility index (Phi) is 2.21. The van der Waals surface area contributed by atoms with Crippen LogP contribution in [0.5, 0.6) is 0 Å². The quantitative estimate of drug-likeness (QED) is 0.508. The highest BCUT2D eigenvalue weighted by atomic mass is 16.6. The first kappa shape index (κ1) is 13.3. The van der Waals surface area contributed by atoms with E-state index in [9.17, 15) is 19.2 Å². The van der Waals surface area contributed by atoms with E-state index >= 15 is 0 Å². The normalized spacial score (nSPS) is 46.6. The molecule has 0 aromatic carbocycles. The molecule has 2 saturated carbocycles. The van der Waals surface area contributed by atoms with Gasteiger partial charge in [0.25, 0.3) is 0 Å². The minimum Gasteiger partial charge on any atom is -0.501 e. The Bertz CT molecular complexity index is 691. The number of hydrogen-bond acceptors (Lipinski definition) is 7. The molecule has 4 aliphatic carbocycles. The lowest BCUT2D eigenvalue weighted by Gasteiger charge is -2.54. The number of esters is 4. The third kappa shape index (κ3) is 1.19. The molecule has 23 heavy (non-hydrogen) atoms. The van der Waals surface area contributed by atoms with Crippen LogP contribution < -0.4 is 0 Å². The zero-order chi connectivity index (χ0) is 16.1. The molecule has 0 aromatic rings. The van der Waals surface area contributed by atoms with Crippen molar-refractivity contribution in [2.45, 2.75) is 19.3 Å². The van der Waals surface area contributed by atoms with Gasteiger partial charge in [0.15, 0.2) is 0 Å². The minimum atomic E-state index is -0.859. The molecule has 4 fully saturated rings. The van der Waals surface area contributed by atoms with E-state index in [0.29, 0.717) is 18.6 Å². The lowest BCUT2D eigenvalue weighted by atomic mass is 9.44. The standard InChI is InChI=1S/C16H14O7/c1-21-11-5-3-2-4-16(5)9-7(12(17)22-14(9)19)6(11)8-10(16)15(20)23-13(8)18/h6-10H,2-4H2,1H3/t6?,7-,8+,9+,10-,16?. The number of carbonyl (C=O) groups excluding carboxylic acids is 4. The molecule has 0 N–H and O–H groups in total. The van der Waals surface area contributed by atoms with Crippen molar-refractivity contribution in [2.24, 2.45) is 35.0 Å². The van der Waals surface area contributed by atoms with Crippen molar-refractivity contribution in [1.82, 2.24) is 0 Å². The Morgan fingerprint density at radius 2 is 1.48 bits per heavy atom. The minimum absolute atomic E-state index is 0.564. The molecular formula is C16H14O7. The van der Waals surface area contributed by atoms with Gasteiger partial charge in [0.05, 0.1) is 30.8 Å². The summed E-state index contributed by atoms with van der Waals surface area (Å²) in [6.07, 6.45) is 2.05. The summed E-state index contributed by atoms with van der Waals surface area (Å²) in [4.78, 5) is 49.3. The molecule has 2 aliphatic heterocycles. The van der Waals surface area contributed by atoms with Crippen LogP contribution in [0.4, 0.5) is 0 Å². The number of carbonyl (C=O) groups is 4. The fourth-order valence-electron chi connectivity index (χ4n) is 5.98. The number of rotatable bonds is 1. The van der Waals surface area contributed by atoms with Gasteiger partial charge in [-0.3, -0.25) is 19.2 Å². The highest BCUT2D eigenvalue weighted by Crippen LogP contribution is 2.72. The molecular weight excluding hydrogens is 304 g/mol. The van der Waals surface area contributed by atoms with Crippen molar-refractivity contribution >= 4 is 23.9 Å². The van der Waals surface area contributed by atoms with Crippen molar-refractivity contribution in [3.8, 4) is 0 Å². The smallest absolute Gasteiger partial charge is 0.318 e. The van der Waals surface area contributed by atoms with Crippen LogP contribution in [0.25, 0.3) is 0 Å². The SMILES string of the molecule is COC1=C2CCCC23[C@@H]2C(=O)OC(=O)[C@@H]2C1[C@@H]1C(=O)OC(=O)[C@@H]13. The average molecular weight is 318 g/mol. The molecule has 2 unspecified atom stereocenters. The molecule has 6 atom stereocenters. The fourth-order valence-corrected chi connectivity index (χ4v) is 5.98. The van der Waals surface area contributed by atoms with E-state index in [0.717, 1.165) is 12.0 Å². The number of allylic oxidation sites excluding steroid dienone is 2. The van der Waals surface area contributed by atoms with E-state index in [-0.39, 0.29) is 0 Å². The van der Waals surface area contributed by atoms with Gasteiger partial charge >= 0.3 is 23.9 Å². The van der Waals surface area contributed by atoms with Gasteiger partial charge in [0, 0.05) is 11.3 Å². The van der Waals surface area contributed by atoms with Crippen LogP contribution in [-0.2, 0) is 33.4 Å². The Morgan fingerprint density at radius 1 is 0.913 bits per heavy atom. The summed E-state index contributed by atoms with van der Waals surface area (Å²) in [5.74, 6) is -5.34. The number of methoxy groups -OCH3 is 1. The molecule has 120 valence electrons. The monoisotopic (exact) mass is 318 g/mol. The lowest BCUT2D eigenvalue weighted by molar-refractivity contribution is -0.155. The maximum Gasteiger partial charge on any atom is 0.318 e. The predicted octanol–water partition coefficient (Wildman–Crippen LogP) is 0.332. The average Bonchev–Trinajstić information content (AvgIpc) is 3.15. The lowest BCUT2D eigenvalue weighted by Crippen LogP contribution is -2.60. The van der Waals surface area contributed by atoms with E-state index in [1.165, 1.54) is 7.11 Å². The largest absolute Gasteiger partial charge is 0.501 e. The summed E-state index contributed by atoms with van der Waals surface area (Å²) in [7, 11) is 1.50. The predicted molar refractivity (Wildman–Crippen MR) is 70.0 cm³/mol. The summed E-state index contributed by atoms with van der Waals surface area (Å²) in [6.45, 7) is 0. The van der Waals surface area contributed by atoms with Crippen LogP contribution in [0.2, 0.25) is 0 Å². The summed E-state index contributed by atoms with van der Waals surface area (Å²) in [5.41, 5.74) is 0.0489. The Balaban J connectivity index is 1.85. The molecule has 2 saturated heterocycles. The van der Waals surface area contributed by atoms with E-state index < -0.39 is 58.9 Å². The Labute approximate surface area is 130 Å². The van der Waals surface area contributed by atoms with Crippen LogP contribution in [-0.4, -0.2) is 31.0 Å². The van der Waals surface area contributed by atoms with Crippen LogP contribution >= 0.6 is 0 Å². The first-order chi connectivity index (χ1) is 11.0. The molecule has 2 bridgehead atoms. The highest BCUT2D eigenvalue weighted by Gasteiger charge is 2.78. The Morgan fingerprint density at radius 3 is 2.00 bits per heavy atom. The zero-order valence-corrected chi connectivity index (χ0v) is 12.4. The van der Waals surface area contributed by atoms with Crippen molar-refractivity contribution in [3.63, 3.8) is 0 Å². The maximum absolute atomic E-state index is 12.4. The number of hydrogen-bond donors (Lipinski definition) is 0. The van der Waals surface area contributed by atoms with E-state index in [1.807, 2.05) is 0 Å². The van der Waals surface area contributed by atoms with Crippen molar-refractivity contribution in [2.75, 3.05) is 7.11 Å². The molecule has 0 radical (unpaired) electrons. The molecule has 2 heterocycles. The van der Waals surface area contributed by atoms with E-state index in [2.05, 4.69) is 0 Å². The van der Waals surface area contributed by atoms with Gasteiger partial charge in [0.2, 0.25) is 0 Å². The molecule has 1 spiro atoms. The van der Waals surface area contributed by atoms with Gasteiger partial charge in [-0.15, -0.1) is 0 Å². The van der Waals surface area contributed by atoms with Crippen LogP contribution in [0, 0.1) is 35.0 Å². The third-order valence-electron chi connectivity index (χ3n) is 6.46. The van der Waals surface area contributed by atoms with Crippen LogP contribution in [0.1, 0.15) is 19.3 Å². The van der Waals surface area contributed by atoms with E-state index in [4.69, 9.17) is 14.2 Å². The molecule has 7 heteroatoms. The third-order valence-corrected chi connectivity index (χ3v) is 6.46. The number of cyclic esters (lactones) is 4. The molecule has 0 amide bonds. The molecule has 6 aliphatic rings.